The monoisotopic (exact) mass is 250 g/mol. The number of aromatic nitrogens is 1. The number of nitrogen functional groups attached to an aromatic ring is 1. The molecule has 0 radical (unpaired) electrons. The molecule has 100 valence electrons. The summed E-state index contributed by atoms with van der Waals surface area (Å²) in [5, 5.41) is 5.96. The topological polar surface area (TPSA) is 80.0 Å². The highest BCUT2D eigenvalue weighted by molar-refractivity contribution is 5.76. The van der Waals surface area contributed by atoms with E-state index in [-0.39, 0.29) is 5.91 Å². The fourth-order valence-electron chi connectivity index (χ4n) is 1.53. The van der Waals surface area contributed by atoms with E-state index in [1.165, 1.54) is 0 Å². The van der Waals surface area contributed by atoms with Crippen LogP contribution in [0.4, 0.5) is 11.5 Å². The Balaban J connectivity index is 2.29. The maximum atomic E-state index is 11.4. The molecular formula is C13H22N4O. The second-order valence-electron chi connectivity index (χ2n) is 4.77. The molecule has 1 aromatic heterocycles. The first kappa shape index (κ1) is 14.3. The highest BCUT2D eigenvalue weighted by Gasteiger charge is 2.04. The van der Waals surface area contributed by atoms with E-state index in [0.29, 0.717) is 36.9 Å². The molecule has 0 unspecified atom stereocenters. The summed E-state index contributed by atoms with van der Waals surface area (Å²) in [5.74, 6) is 1.14. The molecule has 0 aliphatic carbocycles. The van der Waals surface area contributed by atoms with Gasteiger partial charge in [-0.15, -0.1) is 0 Å². The van der Waals surface area contributed by atoms with Crippen molar-refractivity contribution in [3.63, 3.8) is 0 Å². The molecule has 0 bridgehead atoms. The van der Waals surface area contributed by atoms with Gasteiger partial charge in [-0.3, -0.25) is 4.79 Å². The number of anilines is 2. The molecule has 1 heterocycles. The SMILES string of the molecule is Cc1ccc(N)c(NCCNC(=O)CC(C)C)n1. The highest BCUT2D eigenvalue weighted by atomic mass is 16.1. The lowest BCUT2D eigenvalue weighted by Gasteiger charge is -2.10. The summed E-state index contributed by atoms with van der Waals surface area (Å²) in [6, 6.07) is 3.69. The van der Waals surface area contributed by atoms with Crippen molar-refractivity contribution < 1.29 is 4.79 Å². The molecule has 0 aliphatic rings. The Bertz CT molecular complexity index is 404. The fraction of sp³-hybridized carbons (Fsp3) is 0.538. The third-order valence-corrected chi connectivity index (χ3v) is 2.40. The number of hydrogen-bond acceptors (Lipinski definition) is 4. The van der Waals surface area contributed by atoms with Crippen LogP contribution in [0.3, 0.4) is 0 Å². The van der Waals surface area contributed by atoms with Gasteiger partial charge in [-0.2, -0.15) is 0 Å². The zero-order valence-corrected chi connectivity index (χ0v) is 11.3. The maximum Gasteiger partial charge on any atom is 0.220 e. The van der Waals surface area contributed by atoms with Gasteiger partial charge in [0, 0.05) is 25.2 Å². The number of carbonyl (C=O) groups excluding carboxylic acids is 1. The average molecular weight is 250 g/mol. The Kier molecular flexibility index (Phi) is 5.42. The Morgan fingerprint density at radius 2 is 2.11 bits per heavy atom. The van der Waals surface area contributed by atoms with Crippen LogP contribution in [0.1, 0.15) is 26.0 Å². The lowest BCUT2D eigenvalue weighted by Crippen LogP contribution is -2.29. The fourth-order valence-corrected chi connectivity index (χ4v) is 1.53. The van der Waals surface area contributed by atoms with Crippen LogP contribution in [0, 0.1) is 12.8 Å². The first-order chi connectivity index (χ1) is 8.49. The number of aryl methyl sites for hydroxylation is 1. The van der Waals surface area contributed by atoms with E-state index in [9.17, 15) is 4.79 Å². The summed E-state index contributed by atoms with van der Waals surface area (Å²) < 4.78 is 0. The molecule has 18 heavy (non-hydrogen) atoms. The molecule has 1 amide bonds. The standard InChI is InChI=1S/C13H22N4O/c1-9(2)8-12(18)15-6-7-16-13-11(14)5-4-10(3)17-13/h4-5,9H,6-8,14H2,1-3H3,(H,15,18)(H,16,17). The Hall–Kier alpha value is -1.78. The number of nitrogens with one attached hydrogen (secondary N) is 2. The normalized spacial score (nSPS) is 10.4. The molecule has 1 aromatic rings. The number of hydrogen-bond donors (Lipinski definition) is 3. The van der Waals surface area contributed by atoms with Crippen LogP contribution in [0.15, 0.2) is 12.1 Å². The number of rotatable bonds is 6. The van der Waals surface area contributed by atoms with Crippen molar-refractivity contribution in [3.8, 4) is 0 Å². The quantitative estimate of drug-likeness (QED) is 0.669. The molecule has 4 N–H and O–H groups in total. The summed E-state index contributed by atoms with van der Waals surface area (Å²) in [5.41, 5.74) is 7.32. The predicted molar refractivity (Wildman–Crippen MR) is 74.3 cm³/mol. The molecule has 0 atom stereocenters. The van der Waals surface area contributed by atoms with Crippen molar-refractivity contribution in [2.24, 2.45) is 5.92 Å². The summed E-state index contributed by atoms with van der Waals surface area (Å²) in [7, 11) is 0. The van der Waals surface area contributed by atoms with Crippen LogP contribution in [0.25, 0.3) is 0 Å². The highest BCUT2D eigenvalue weighted by Crippen LogP contribution is 2.14. The van der Waals surface area contributed by atoms with E-state index in [0.717, 1.165) is 5.69 Å². The smallest absolute Gasteiger partial charge is 0.220 e. The first-order valence-corrected chi connectivity index (χ1v) is 6.22. The molecule has 1 rings (SSSR count). The molecule has 0 saturated heterocycles. The van der Waals surface area contributed by atoms with Crippen LogP contribution >= 0.6 is 0 Å². The molecule has 5 nitrogen and oxygen atoms in total. The number of nitrogens with two attached hydrogens (primary N) is 1. The van der Waals surface area contributed by atoms with Crippen LogP contribution in [-0.4, -0.2) is 24.0 Å². The summed E-state index contributed by atoms with van der Waals surface area (Å²) in [6.07, 6.45) is 0.560. The molecule has 0 aliphatic heterocycles. The van der Waals surface area contributed by atoms with Gasteiger partial charge >= 0.3 is 0 Å². The van der Waals surface area contributed by atoms with Gasteiger partial charge in [-0.25, -0.2) is 4.98 Å². The minimum absolute atomic E-state index is 0.0805. The molecule has 0 spiro atoms. The zero-order chi connectivity index (χ0) is 13.5. The molecule has 0 fully saturated rings. The van der Waals surface area contributed by atoms with Crippen LogP contribution in [-0.2, 0) is 4.79 Å². The second kappa shape index (κ2) is 6.83. The zero-order valence-electron chi connectivity index (χ0n) is 11.3. The van der Waals surface area contributed by atoms with Gasteiger partial charge in [0.2, 0.25) is 5.91 Å². The second-order valence-corrected chi connectivity index (χ2v) is 4.77. The van der Waals surface area contributed by atoms with E-state index in [2.05, 4.69) is 15.6 Å². The lowest BCUT2D eigenvalue weighted by molar-refractivity contribution is -0.121. The number of amides is 1. The van der Waals surface area contributed by atoms with E-state index in [4.69, 9.17) is 5.73 Å². The van der Waals surface area contributed by atoms with Gasteiger partial charge in [0.15, 0.2) is 0 Å². The molecular weight excluding hydrogens is 228 g/mol. The van der Waals surface area contributed by atoms with Crippen molar-refractivity contribution >= 4 is 17.4 Å². The average Bonchev–Trinajstić information content (AvgIpc) is 2.28. The Morgan fingerprint density at radius 1 is 1.39 bits per heavy atom. The van der Waals surface area contributed by atoms with Gasteiger partial charge < -0.3 is 16.4 Å². The third-order valence-electron chi connectivity index (χ3n) is 2.40. The van der Waals surface area contributed by atoms with E-state index < -0.39 is 0 Å². The Labute approximate surface area is 108 Å². The number of nitrogens with zero attached hydrogens (tertiary/aromatic N) is 1. The first-order valence-electron chi connectivity index (χ1n) is 6.22. The van der Waals surface area contributed by atoms with Gasteiger partial charge in [0.05, 0.1) is 5.69 Å². The third kappa shape index (κ3) is 5.03. The van der Waals surface area contributed by atoms with Crippen molar-refractivity contribution in [3.05, 3.63) is 17.8 Å². The number of carbonyl (C=O) groups is 1. The molecule has 5 heteroatoms. The largest absolute Gasteiger partial charge is 0.396 e. The summed E-state index contributed by atoms with van der Waals surface area (Å²) in [6.45, 7) is 7.14. The predicted octanol–water partition coefficient (Wildman–Crippen LogP) is 1.55. The summed E-state index contributed by atoms with van der Waals surface area (Å²) >= 11 is 0. The van der Waals surface area contributed by atoms with Crippen LogP contribution in [0.5, 0.6) is 0 Å². The summed E-state index contributed by atoms with van der Waals surface area (Å²) in [4.78, 5) is 15.7. The molecule has 0 saturated carbocycles. The van der Waals surface area contributed by atoms with Gasteiger partial charge in [0.1, 0.15) is 5.82 Å². The van der Waals surface area contributed by atoms with Crippen molar-refractivity contribution in [2.75, 3.05) is 24.1 Å². The minimum Gasteiger partial charge on any atom is -0.396 e. The van der Waals surface area contributed by atoms with E-state index >= 15 is 0 Å². The number of pyridine rings is 1. The van der Waals surface area contributed by atoms with E-state index in [1.807, 2.05) is 32.9 Å². The van der Waals surface area contributed by atoms with Crippen LogP contribution in [0.2, 0.25) is 0 Å². The van der Waals surface area contributed by atoms with Gasteiger partial charge in [0.25, 0.3) is 0 Å². The van der Waals surface area contributed by atoms with Gasteiger partial charge in [-0.1, -0.05) is 13.8 Å². The van der Waals surface area contributed by atoms with Crippen molar-refractivity contribution in [2.45, 2.75) is 27.2 Å². The van der Waals surface area contributed by atoms with Crippen molar-refractivity contribution in [1.29, 1.82) is 0 Å². The lowest BCUT2D eigenvalue weighted by atomic mass is 10.1. The van der Waals surface area contributed by atoms with Gasteiger partial charge in [-0.05, 0) is 25.0 Å². The van der Waals surface area contributed by atoms with E-state index in [1.54, 1.807) is 0 Å². The van der Waals surface area contributed by atoms with Crippen LogP contribution < -0.4 is 16.4 Å². The Morgan fingerprint density at radius 3 is 2.78 bits per heavy atom. The molecule has 0 aromatic carbocycles. The van der Waals surface area contributed by atoms with Crippen molar-refractivity contribution in [1.82, 2.24) is 10.3 Å². The maximum absolute atomic E-state index is 11.4. The minimum atomic E-state index is 0.0805.